The molecule has 0 radical (unpaired) electrons. The van der Waals surface area contributed by atoms with Crippen LogP contribution in [0.3, 0.4) is 0 Å². The minimum absolute atomic E-state index is 0.299. The van der Waals surface area contributed by atoms with Crippen molar-refractivity contribution in [1.29, 1.82) is 0 Å². The maximum Gasteiger partial charge on any atom is 0.261 e. The van der Waals surface area contributed by atoms with Crippen molar-refractivity contribution in [3.63, 3.8) is 0 Å². The van der Waals surface area contributed by atoms with Crippen LogP contribution in [0.4, 0.5) is 5.69 Å². The van der Waals surface area contributed by atoms with Crippen LogP contribution in [0.2, 0.25) is 0 Å². The summed E-state index contributed by atoms with van der Waals surface area (Å²) in [5, 5.41) is 0. The average Bonchev–Trinajstić information content (AvgIpc) is 3.14. The van der Waals surface area contributed by atoms with Crippen molar-refractivity contribution in [2.45, 2.75) is 24.2 Å². The topological polar surface area (TPSA) is 72.2 Å². The fourth-order valence-electron chi connectivity index (χ4n) is 2.85. The van der Waals surface area contributed by atoms with Gasteiger partial charge in [0.25, 0.3) is 10.0 Å². The van der Waals surface area contributed by atoms with Crippen molar-refractivity contribution < 1.29 is 12.8 Å². The van der Waals surface area contributed by atoms with Crippen LogP contribution in [-0.2, 0) is 22.9 Å². The Kier molecular flexibility index (Phi) is 2.94. The number of oxazole rings is 1. The Morgan fingerprint density at radius 1 is 1.05 bits per heavy atom. The Labute approximate surface area is 128 Å². The van der Waals surface area contributed by atoms with E-state index in [1.165, 1.54) is 12.0 Å². The molecule has 22 heavy (non-hydrogen) atoms. The van der Waals surface area contributed by atoms with E-state index >= 15 is 0 Å². The zero-order valence-corrected chi connectivity index (χ0v) is 12.6. The van der Waals surface area contributed by atoms with Gasteiger partial charge in [-0.15, -0.1) is 0 Å². The summed E-state index contributed by atoms with van der Waals surface area (Å²) in [6, 6.07) is 10.4. The molecule has 1 aromatic heterocycles. The van der Waals surface area contributed by atoms with Crippen LogP contribution >= 0.6 is 0 Å². The van der Waals surface area contributed by atoms with Crippen LogP contribution in [0.1, 0.15) is 17.5 Å². The number of aryl methyl sites for hydroxylation is 2. The highest BCUT2D eigenvalue weighted by Crippen LogP contribution is 2.26. The molecule has 1 heterocycles. The van der Waals surface area contributed by atoms with Gasteiger partial charge in [0.1, 0.15) is 5.52 Å². The van der Waals surface area contributed by atoms with E-state index in [9.17, 15) is 8.42 Å². The normalized spacial score (nSPS) is 14.2. The van der Waals surface area contributed by atoms with Gasteiger partial charge >= 0.3 is 0 Å². The predicted octanol–water partition coefficient (Wildman–Crippen LogP) is 3.12. The number of aromatic nitrogens is 1. The highest BCUT2D eigenvalue weighted by Gasteiger charge is 2.18. The van der Waals surface area contributed by atoms with Gasteiger partial charge in [-0.3, -0.25) is 4.72 Å². The van der Waals surface area contributed by atoms with Gasteiger partial charge < -0.3 is 4.42 Å². The maximum absolute atomic E-state index is 12.5. The van der Waals surface area contributed by atoms with Gasteiger partial charge in [0, 0.05) is 0 Å². The number of fused-ring (bicyclic) bond motifs is 2. The Balaban J connectivity index is 1.68. The van der Waals surface area contributed by atoms with Crippen LogP contribution in [0.5, 0.6) is 0 Å². The van der Waals surface area contributed by atoms with Crippen LogP contribution < -0.4 is 4.72 Å². The van der Waals surface area contributed by atoms with Gasteiger partial charge in [-0.1, -0.05) is 6.07 Å². The number of hydrogen-bond donors (Lipinski definition) is 1. The molecule has 6 heteroatoms. The van der Waals surface area contributed by atoms with E-state index in [-0.39, 0.29) is 0 Å². The van der Waals surface area contributed by atoms with Crippen molar-refractivity contribution in [3.8, 4) is 0 Å². The Morgan fingerprint density at radius 2 is 1.91 bits per heavy atom. The van der Waals surface area contributed by atoms with Gasteiger partial charge in [0.15, 0.2) is 12.0 Å². The lowest BCUT2D eigenvalue weighted by Gasteiger charge is -2.09. The summed E-state index contributed by atoms with van der Waals surface area (Å²) in [6.45, 7) is 0. The van der Waals surface area contributed by atoms with E-state index in [2.05, 4.69) is 9.71 Å². The summed E-state index contributed by atoms with van der Waals surface area (Å²) in [4.78, 5) is 4.33. The lowest BCUT2D eigenvalue weighted by molar-refractivity contribution is 0.600. The molecule has 0 saturated carbocycles. The average molecular weight is 314 g/mol. The molecule has 1 aliphatic carbocycles. The van der Waals surface area contributed by atoms with Gasteiger partial charge in [-0.05, 0) is 60.7 Å². The standard InChI is InChI=1S/C16H14N2O3S/c19-22(20,14-6-4-11-2-1-3-12(11)8-14)18-13-5-7-16-15(9-13)17-10-21-16/h4-10,18H,1-3H2. The third-order valence-electron chi connectivity index (χ3n) is 3.96. The van der Waals surface area contributed by atoms with E-state index in [0.717, 1.165) is 24.8 Å². The number of hydrogen-bond acceptors (Lipinski definition) is 4. The van der Waals surface area contributed by atoms with Crippen LogP contribution in [-0.4, -0.2) is 13.4 Å². The molecule has 112 valence electrons. The summed E-state index contributed by atoms with van der Waals surface area (Å²) in [7, 11) is -3.60. The summed E-state index contributed by atoms with van der Waals surface area (Å²) in [5.74, 6) is 0. The maximum atomic E-state index is 12.5. The molecule has 0 spiro atoms. The zero-order valence-electron chi connectivity index (χ0n) is 11.7. The fraction of sp³-hybridized carbons (Fsp3) is 0.188. The number of benzene rings is 2. The van der Waals surface area contributed by atoms with Crippen molar-refractivity contribution in [1.82, 2.24) is 4.98 Å². The predicted molar refractivity (Wildman–Crippen MR) is 83.3 cm³/mol. The second kappa shape index (κ2) is 4.84. The lowest BCUT2D eigenvalue weighted by atomic mass is 10.1. The molecule has 4 rings (SSSR count). The molecule has 0 bridgehead atoms. The van der Waals surface area contributed by atoms with E-state index < -0.39 is 10.0 Å². The third-order valence-corrected chi connectivity index (χ3v) is 5.34. The van der Waals surface area contributed by atoms with Crippen LogP contribution in [0.25, 0.3) is 11.1 Å². The monoisotopic (exact) mass is 314 g/mol. The molecule has 0 fully saturated rings. The molecule has 0 aliphatic heterocycles. The van der Waals surface area contributed by atoms with Gasteiger partial charge in [0.05, 0.1) is 10.6 Å². The Morgan fingerprint density at radius 3 is 2.82 bits per heavy atom. The smallest absolute Gasteiger partial charge is 0.261 e. The minimum Gasteiger partial charge on any atom is -0.443 e. The molecule has 3 aromatic rings. The third kappa shape index (κ3) is 2.25. The van der Waals surface area contributed by atoms with E-state index in [4.69, 9.17) is 4.42 Å². The number of sulfonamides is 1. The SMILES string of the molecule is O=S(=O)(Nc1ccc2ocnc2c1)c1ccc2c(c1)CCC2. The van der Waals surface area contributed by atoms with Crippen molar-refractivity contribution in [3.05, 3.63) is 53.9 Å². The molecule has 1 aliphatic rings. The molecule has 0 saturated heterocycles. The Bertz CT molecular complexity index is 960. The number of nitrogens with one attached hydrogen (secondary N) is 1. The second-order valence-electron chi connectivity index (χ2n) is 5.42. The van der Waals surface area contributed by atoms with Crippen LogP contribution in [0, 0.1) is 0 Å². The highest BCUT2D eigenvalue weighted by molar-refractivity contribution is 7.92. The largest absolute Gasteiger partial charge is 0.443 e. The van der Waals surface area contributed by atoms with Gasteiger partial charge in [-0.2, -0.15) is 0 Å². The number of rotatable bonds is 3. The quantitative estimate of drug-likeness (QED) is 0.806. The fourth-order valence-corrected chi connectivity index (χ4v) is 3.95. The van der Waals surface area contributed by atoms with E-state index in [0.29, 0.717) is 21.7 Å². The zero-order chi connectivity index (χ0) is 15.2. The molecular weight excluding hydrogens is 300 g/mol. The molecule has 1 N–H and O–H groups in total. The molecule has 0 unspecified atom stereocenters. The van der Waals surface area contributed by atoms with Crippen molar-refractivity contribution >= 4 is 26.8 Å². The first kappa shape index (κ1) is 13.3. The van der Waals surface area contributed by atoms with Crippen molar-refractivity contribution in [2.24, 2.45) is 0 Å². The summed E-state index contributed by atoms with van der Waals surface area (Å²) in [6.07, 6.45) is 4.41. The minimum atomic E-state index is -3.60. The summed E-state index contributed by atoms with van der Waals surface area (Å²) in [5.41, 5.74) is 4.11. The highest BCUT2D eigenvalue weighted by atomic mass is 32.2. The molecule has 5 nitrogen and oxygen atoms in total. The van der Waals surface area contributed by atoms with Gasteiger partial charge in [0.2, 0.25) is 0 Å². The number of anilines is 1. The number of nitrogens with zero attached hydrogens (tertiary/aromatic N) is 1. The second-order valence-corrected chi connectivity index (χ2v) is 7.11. The van der Waals surface area contributed by atoms with Crippen LogP contribution in [0.15, 0.2) is 52.1 Å². The first-order valence-corrected chi connectivity index (χ1v) is 8.58. The lowest BCUT2D eigenvalue weighted by Crippen LogP contribution is -2.13. The van der Waals surface area contributed by atoms with E-state index in [1.54, 1.807) is 30.3 Å². The molecule has 0 atom stereocenters. The summed E-state index contributed by atoms with van der Waals surface area (Å²) < 4.78 is 32.8. The summed E-state index contributed by atoms with van der Waals surface area (Å²) >= 11 is 0. The van der Waals surface area contributed by atoms with E-state index in [1.807, 2.05) is 6.07 Å². The first-order chi connectivity index (χ1) is 10.6. The Hall–Kier alpha value is -2.34. The molecule has 0 amide bonds. The molecule has 2 aromatic carbocycles. The van der Waals surface area contributed by atoms with Crippen molar-refractivity contribution in [2.75, 3.05) is 4.72 Å². The molecular formula is C16H14N2O3S. The first-order valence-electron chi connectivity index (χ1n) is 7.10. The van der Waals surface area contributed by atoms with Gasteiger partial charge in [-0.25, -0.2) is 13.4 Å².